The zero-order valence-electron chi connectivity index (χ0n) is 25.4. The molecule has 0 aromatic carbocycles. The minimum absolute atomic E-state index is 0.0963. The number of likely N-dealkylation sites (N-methyl/N-ethyl adjacent to an activating group) is 1. The van der Waals surface area contributed by atoms with Crippen LogP contribution in [-0.4, -0.2) is 61.5 Å². The molecule has 1 saturated heterocycles. The second kappa shape index (κ2) is 13.9. The minimum atomic E-state index is -0.315. The maximum Gasteiger partial charge on any atom is 0.274 e. The van der Waals surface area contributed by atoms with E-state index in [0.29, 0.717) is 25.3 Å². The molecule has 4 rings (SSSR count). The molecule has 1 N–H and O–H groups in total. The SMILES string of the molecule is CN(C)C(=O)/C=C/CCCC(=O)Nc1cccn(Cc2nc3c(CCC(C)(C)C)ncnc3n2C2CCCCO2)c1=O. The van der Waals surface area contributed by atoms with Crippen molar-refractivity contribution in [2.24, 2.45) is 5.41 Å². The lowest BCUT2D eigenvalue weighted by atomic mass is 9.90. The van der Waals surface area contributed by atoms with E-state index in [1.807, 2.05) is 4.57 Å². The van der Waals surface area contributed by atoms with E-state index in [-0.39, 0.29) is 47.7 Å². The number of amides is 2. The molecule has 1 fully saturated rings. The molecule has 11 heteroatoms. The summed E-state index contributed by atoms with van der Waals surface area (Å²) in [5.74, 6) is 0.318. The number of unbranched alkanes of at least 4 members (excludes halogenated alkanes) is 1. The molecule has 1 atom stereocenters. The molecule has 0 spiro atoms. The van der Waals surface area contributed by atoms with Gasteiger partial charge in [-0.3, -0.25) is 19.0 Å². The number of allylic oxidation sites excluding steroid dienone is 1. The first-order chi connectivity index (χ1) is 20.0. The number of carbonyl (C=O) groups is 2. The lowest BCUT2D eigenvalue weighted by Crippen LogP contribution is -2.28. The van der Waals surface area contributed by atoms with Gasteiger partial charge < -0.3 is 19.5 Å². The van der Waals surface area contributed by atoms with E-state index >= 15 is 0 Å². The number of pyridine rings is 1. The molecule has 4 heterocycles. The third kappa shape index (κ3) is 8.12. The third-order valence-corrected chi connectivity index (χ3v) is 7.26. The van der Waals surface area contributed by atoms with Crippen molar-refractivity contribution in [1.29, 1.82) is 0 Å². The number of aryl methyl sites for hydroxylation is 1. The van der Waals surface area contributed by atoms with Crippen LogP contribution in [0.25, 0.3) is 11.2 Å². The Kier molecular flexibility index (Phi) is 10.3. The van der Waals surface area contributed by atoms with Crippen LogP contribution in [0.4, 0.5) is 5.69 Å². The first-order valence-corrected chi connectivity index (χ1v) is 14.7. The van der Waals surface area contributed by atoms with E-state index in [1.165, 1.54) is 11.0 Å². The van der Waals surface area contributed by atoms with Gasteiger partial charge in [-0.15, -0.1) is 0 Å². The van der Waals surface area contributed by atoms with Crippen molar-refractivity contribution in [1.82, 2.24) is 29.0 Å². The summed E-state index contributed by atoms with van der Waals surface area (Å²) in [7, 11) is 3.37. The van der Waals surface area contributed by atoms with Crippen LogP contribution in [0.5, 0.6) is 0 Å². The van der Waals surface area contributed by atoms with E-state index in [4.69, 9.17) is 9.72 Å². The molecule has 0 bridgehead atoms. The smallest absolute Gasteiger partial charge is 0.274 e. The number of aromatic nitrogens is 5. The molecule has 1 unspecified atom stereocenters. The quantitative estimate of drug-likeness (QED) is 0.263. The van der Waals surface area contributed by atoms with E-state index in [2.05, 4.69) is 36.1 Å². The Labute approximate surface area is 247 Å². The molecule has 3 aromatic heterocycles. The molecule has 226 valence electrons. The Bertz CT molecular complexity index is 1480. The highest BCUT2D eigenvalue weighted by atomic mass is 16.5. The summed E-state index contributed by atoms with van der Waals surface area (Å²) in [4.78, 5) is 53.2. The average Bonchev–Trinajstić information content (AvgIpc) is 3.32. The number of ether oxygens (including phenoxy) is 1. The van der Waals surface area contributed by atoms with Gasteiger partial charge in [-0.1, -0.05) is 26.8 Å². The van der Waals surface area contributed by atoms with Gasteiger partial charge in [0.15, 0.2) is 5.65 Å². The molecule has 0 radical (unpaired) electrons. The number of rotatable bonds is 11. The van der Waals surface area contributed by atoms with Gasteiger partial charge in [0.05, 0.1) is 12.2 Å². The topological polar surface area (TPSA) is 124 Å². The zero-order valence-corrected chi connectivity index (χ0v) is 25.4. The Balaban J connectivity index is 1.54. The van der Waals surface area contributed by atoms with Crippen molar-refractivity contribution in [2.45, 2.75) is 84.9 Å². The Hall–Kier alpha value is -3.86. The van der Waals surface area contributed by atoms with Gasteiger partial charge in [-0.05, 0) is 68.6 Å². The number of fused-ring (bicyclic) bond motifs is 1. The Morgan fingerprint density at radius 1 is 1.21 bits per heavy atom. The molecular formula is C31H43N7O4. The van der Waals surface area contributed by atoms with Crippen LogP contribution in [0.15, 0.2) is 41.6 Å². The van der Waals surface area contributed by atoms with Crippen molar-refractivity contribution < 1.29 is 14.3 Å². The lowest BCUT2D eigenvalue weighted by molar-refractivity contribution is -0.123. The fourth-order valence-electron chi connectivity index (χ4n) is 4.85. The summed E-state index contributed by atoms with van der Waals surface area (Å²) < 4.78 is 9.71. The van der Waals surface area contributed by atoms with Crippen molar-refractivity contribution in [3.63, 3.8) is 0 Å². The highest BCUT2D eigenvalue weighted by Gasteiger charge is 2.25. The van der Waals surface area contributed by atoms with Crippen LogP contribution in [0.1, 0.15) is 83.5 Å². The van der Waals surface area contributed by atoms with Crippen LogP contribution in [0.2, 0.25) is 0 Å². The molecule has 1 aliphatic heterocycles. The van der Waals surface area contributed by atoms with Crippen molar-refractivity contribution in [3.05, 3.63) is 58.7 Å². The summed E-state index contributed by atoms with van der Waals surface area (Å²) in [6.45, 7) is 7.47. The normalized spacial score (nSPS) is 15.8. The first kappa shape index (κ1) is 31.1. The molecule has 0 saturated carbocycles. The van der Waals surface area contributed by atoms with Crippen LogP contribution >= 0.6 is 0 Å². The Morgan fingerprint density at radius 2 is 2.02 bits per heavy atom. The molecule has 3 aromatic rings. The number of anilines is 1. The predicted octanol–water partition coefficient (Wildman–Crippen LogP) is 4.47. The van der Waals surface area contributed by atoms with E-state index < -0.39 is 0 Å². The number of hydrogen-bond donors (Lipinski definition) is 1. The molecular weight excluding hydrogens is 534 g/mol. The van der Waals surface area contributed by atoms with E-state index in [9.17, 15) is 14.4 Å². The van der Waals surface area contributed by atoms with Crippen molar-refractivity contribution >= 4 is 28.7 Å². The van der Waals surface area contributed by atoms with E-state index in [0.717, 1.165) is 49.0 Å². The van der Waals surface area contributed by atoms with Gasteiger partial charge in [0.2, 0.25) is 11.8 Å². The summed E-state index contributed by atoms with van der Waals surface area (Å²) in [5.41, 5.74) is 2.39. The number of imidazole rings is 1. The number of nitrogens with zero attached hydrogens (tertiary/aromatic N) is 6. The fourth-order valence-corrected chi connectivity index (χ4v) is 4.85. The molecule has 11 nitrogen and oxygen atoms in total. The van der Waals surface area contributed by atoms with Crippen LogP contribution in [-0.2, 0) is 27.3 Å². The van der Waals surface area contributed by atoms with Gasteiger partial charge in [0.1, 0.15) is 29.6 Å². The van der Waals surface area contributed by atoms with Gasteiger partial charge in [-0.2, -0.15) is 0 Å². The second-order valence-corrected chi connectivity index (χ2v) is 12.2. The Morgan fingerprint density at radius 3 is 2.74 bits per heavy atom. The predicted molar refractivity (Wildman–Crippen MR) is 162 cm³/mol. The second-order valence-electron chi connectivity index (χ2n) is 12.2. The summed E-state index contributed by atoms with van der Waals surface area (Å²) in [6.07, 6.45) is 12.3. The number of carbonyl (C=O) groups excluding carboxylic acids is 2. The number of nitrogens with one attached hydrogen (secondary N) is 1. The summed E-state index contributed by atoms with van der Waals surface area (Å²) in [6, 6.07) is 3.35. The molecule has 2 amide bonds. The van der Waals surface area contributed by atoms with Crippen LogP contribution in [0.3, 0.4) is 0 Å². The first-order valence-electron chi connectivity index (χ1n) is 14.7. The van der Waals surface area contributed by atoms with Gasteiger partial charge in [0, 0.05) is 33.3 Å². The maximum atomic E-state index is 13.4. The fraction of sp³-hybridized carbons (Fsp3) is 0.548. The van der Waals surface area contributed by atoms with Crippen molar-refractivity contribution in [2.75, 3.05) is 26.0 Å². The van der Waals surface area contributed by atoms with Crippen LogP contribution < -0.4 is 10.9 Å². The third-order valence-electron chi connectivity index (χ3n) is 7.26. The summed E-state index contributed by atoms with van der Waals surface area (Å²) in [5, 5.41) is 2.75. The van der Waals surface area contributed by atoms with E-state index in [1.54, 1.807) is 49.4 Å². The highest BCUT2D eigenvalue weighted by Crippen LogP contribution is 2.30. The zero-order chi connectivity index (χ0) is 30.3. The highest BCUT2D eigenvalue weighted by molar-refractivity contribution is 5.90. The van der Waals surface area contributed by atoms with Crippen LogP contribution in [0, 0.1) is 5.41 Å². The molecule has 1 aliphatic rings. The molecule has 0 aliphatic carbocycles. The monoisotopic (exact) mass is 577 g/mol. The summed E-state index contributed by atoms with van der Waals surface area (Å²) >= 11 is 0. The van der Waals surface area contributed by atoms with Gasteiger partial charge in [-0.25, -0.2) is 15.0 Å². The minimum Gasteiger partial charge on any atom is -0.358 e. The maximum absolute atomic E-state index is 13.4. The van der Waals surface area contributed by atoms with Crippen molar-refractivity contribution in [3.8, 4) is 0 Å². The molecule has 42 heavy (non-hydrogen) atoms. The van der Waals surface area contributed by atoms with Gasteiger partial charge >= 0.3 is 0 Å². The average molecular weight is 578 g/mol. The number of hydrogen-bond acceptors (Lipinski definition) is 7. The van der Waals surface area contributed by atoms with Gasteiger partial charge in [0.25, 0.3) is 5.56 Å². The largest absolute Gasteiger partial charge is 0.358 e. The lowest BCUT2D eigenvalue weighted by Gasteiger charge is -2.25. The standard InChI is InChI=1S/C31H43N7O4/c1-31(2,3)17-16-22-28-29(33-21-32-22)38(27-15-9-10-19-42-27)24(35-28)20-37-18-11-12-23(30(37)41)34-25(39)13-7-6-8-14-26(40)36(4)5/h8,11-12,14,18,21,27H,6-7,9-10,13,15-17,19-20H2,1-5H3,(H,34,39)/b14-8+.